The number of benzene rings is 2. The summed E-state index contributed by atoms with van der Waals surface area (Å²) in [6.07, 6.45) is 5.41. The van der Waals surface area contributed by atoms with Crippen LogP contribution in [0.2, 0.25) is 0 Å². The lowest BCUT2D eigenvalue weighted by Gasteiger charge is -2.47. The number of piperidine rings is 2. The van der Waals surface area contributed by atoms with Gasteiger partial charge in [0.05, 0.1) is 18.8 Å². The first-order valence-electron chi connectivity index (χ1n) is 13.4. The fourth-order valence-corrected chi connectivity index (χ4v) is 5.77. The number of likely N-dealkylation sites (tertiary alicyclic amines) is 1. The van der Waals surface area contributed by atoms with Crippen molar-refractivity contribution in [2.45, 2.75) is 44.6 Å². The van der Waals surface area contributed by atoms with Gasteiger partial charge in [-0.2, -0.15) is 0 Å². The van der Waals surface area contributed by atoms with Gasteiger partial charge in [-0.1, -0.05) is 6.92 Å². The van der Waals surface area contributed by atoms with E-state index in [1.54, 1.807) is 17.0 Å². The minimum atomic E-state index is -0.353. The summed E-state index contributed by atoms with van der Waals surface area (Å²) in [6.45, 7) is 8.95. The molecule has 0 N–H and O–H groups in total. The summed E-state index contributed by atoms with van der Waals surface area (Å²) in [4.78, 5) is 19.2. The molecule has 3 saturated heterocycles. The van der Waals surface area contributed by atoms with Gasteiger partial charge in [-0.25, -0.2) is 4.39 Å². The fourth-order valence-electron chi connectivity index (χ4n) is 5.77. The lowest BCUT2D eigenvalue weighted by molar-refractivity contribution is -0.141. The third-order valence-corrected chi connectivity index (χ3v) is 7.89. The van der Waals surface area contributed by atoms with Crippen LogP contribution in [0.15, 0.2) is 48.5 Å². The highest BCUT2D eigenvalue weighted by Crippen LogP contribution is 2.34. The van der Waals surface area contributed by atoms with Crippen molar-refractivity contribution in [1.29, 1.82) is 0 Å². The van der Waals surface area contributed by atoms with Gasteiger partial charge in [0.1, 0.15) is 18.2 Å². The Balaban J connectivity index is 1.09. The number of morpholine rings is 1. The molecule has 0 radical (unpaired) electrons. The normalized spacial score (nSPS) is 22.7. The Kier molecular flexibility index (Phi) is 7.77. The molecule has 1 spiro atoms. The maximum Gasteiger partial charge on any atom is 0.253 e. The van der Waals surface area contributed by atoms with Gasteiger partial charge < -0.3 is 24.2 Å². The molecule has 2 aromatic rings. The maximum absolute atomic E-state index is 13.3. The average molecular weight is 496 g/mol. The molecule has 3 heterocycles. The first-order valence-corrected chi connectivity index (χ1v) is 13.4. The zero-order chi connectivity index (χ0) is 25.0. The Hall–Kier alpha value is -2.64. The van der Waals surface area contributed by atoms with Crippen molar-refractivity contribution in [3.8, 4) is 5.75 Å². The average Bonchev–Trinajstić information content (AvgIpc) is 2.90. The zero-order valence-corrected chi connectivity index (χ0v) is 21.3. The number of amides is 1. The summed E-state index contributed by atoms with van der Waals surface area (Å²) in [5.74, 6) is 1.36. The minimum Gasteiger partial charge on any atom is -0.494 e. The molecule has 0 unspecified atom stereocenters. The van der Waals surface area contributed by atoms with E-state index >= 15 is 0 Å². The van der Waals surface area contributed by atoms with Gasteiger partial charge >= 0.3 is 0 Å². The van der Waals surface area contributed by atoms with Crippen LogP contribution in [0.5, 0.6) is 5.75 Å². The number of hydrogen-bond donors (Lipinski definition) is 0. The van der Waals surface area contributed by atoms with E-state index < -0.39 is 0 Å². The molecule has 3 aliphatic heterocycles. The highest BCUT2D eigenvalue weighted by molar-refractivity contribution is 5.95. The lowest BCUT2D eigenvalue weighted by atomic mass is 9.88. The van der Waals surface area contributed by atoms with Crippen molar-refractivity contribution in [3.05, 3.63) is 54.3 Å². The quantitative estimate of drug-likeness (QED) is 0.520. The van der Waals surface area contributed by atoms with Gasteiger partial charge in [0.15, 0.2) is 0 Å². The van der Waals surface area contributed by atoms with Crippen molar-refractivity contribution in [2.75, 3.05) is 62.3 Å². The monoisotopic (exact) mass is 495 g/mol. The Bertz CT molecular complexity index is 1010. The van der Waals surface area contributed by atoms with Crippen molar-refractivity contribution >= 4 is 17.3 Å². The Morgan fingerprint density at radius 2 is 1.75 bits per heavy atom. The molecule has 0 bridgehead atoms. The second-order valence-electron chi connectivity index (χ2n) is 10.7. The van der Waals surface area contributed by atoms with Crippen LogP contribution in [0.25, 0.3) is 0 Å². The number of carbonyl (C=O) groups excluding carboxylic acids is 1. The molecular formula is C29H38FN3O3. The summed E-state index contributed by atoms with van der Waals surface area (Å²) in [5, 5.41) is 0. The van der Waals surface area contributed by atoms with E-state index in [-0.39, 0.29) is 23.9 Å². The van der Waals surface area contributed by atoms with Crippen molar-refractivity contribution < 1.29 is 18.7 Å². The molecule has 1 amide bonds. The van der Waals surface area contributed by atoms with E-state index in [0.29, 0.717) is 6.54 Å². The van der Waals surface area contributed by atoms with Crippen molar-refractivity contribution in [3.63, 3.8) is 0 Å². The first-order chi connectivity index (χ1) is 17.5. The Morgan fingerprint density at radius 3 is 2.47 bits per heavy atom. The largest absolute Gasteiger partial charge is 0.494 e. The van der Waals surface area contributed by atoms with E-state index in [1.165, 1.54) is 43.8 Å². The van der Waals surface area contributed by atoms with E-state index in [9.17, 15) is 9.18 Å². The molecule has 5 rings (SSSR count). The summed E-state index contributed by atoms with van der Waals surface area (Å²) in [6, 6.07) is 14.5. The van der Waals surface area contributed by atoms with Crippen LogP contribution in [0, 0.1) is 11.7 Å². The van der Waals surface area contributed by atoms with Crippen LogP contribution < -0.4 is 14.5 Å². The van der Waals surface area contributed by atoms with Gasteiger partial charge in [-0.05, 0) is 93.1 Å². The van der Waals surface area contributed by atoms with Crippen LogP contribution in [-0.2, 0) is 9.53 Å². The molecule has 0 aromatic heterocycles. The maximum atomic E-state index is 13.3. The highest BCUT2D eigenvalue weighted by atomic mass is 19.1. The van der Waals surface area contributed by atoms with Crippen LogP contribution in [0.4, 0.5) is 15.8 Å². The molecule has 2 aromatic carbocycles. The van der Waals surface area contributed by atoms with Gasteiger partial charge in [0, 0.05) is 37.6 Å². The molecule has 3 aliphatic rings. The summed E-state index contributed by atoms with van der Waals surface area (Å²) in [7, 11) is 0. The van der Waals surface area contributed by atoms with E-state index in [4.69, 9.17) is 9.47 Å². The second-order valence-corrected chi connectivity index (χ2v) is 10.7. The molecule has 7 heteroatoms. The molecule has 1 atom stereocenters. The Morgan fingerprint density at radius 1 is 1.03 bits per heavy atom. The van der Waals surface area contributed by atoms with Crippen LogP contribution in [0.1, 0.15) is 39.0 Å². The summed E-state index contributed by atoms with van der Waals surface area (Å²) < 4.78 is 25.4. The smallest absolute Gasteiger partial charge is 0.253 e. The topological polar surface area (TPSA) is 45.2 Å². The standard InChI is InChI=1S/C29H38FN3O3/c1-23-4-2-15-31(20-23)16-3-19-35-27-11-9-25(10-12-27)32-17-13-29(14-18-32)22-33(28(34)21-36-29)26-7-5-24(30)6-8-26/h5-12,23H,2-4,13-22H2,1H3/t23-/m0/s1. The Labute approximate surface area is 214 Å². The molecule has 0 aliphatic carbocycles. The molecule has 194 valence electrons. The van der Waals surface area contributed by atoms with E-state index in [2.05, 4.69) is 41.0 Å². The number of hydrogen-bond acceptors (Lipinski definition) is 5. The molecule has 6 nitrogen and oxygen atoms in total. The number of nitrogens with zero attached hydrogens (tertiary/aromatic N) is 3. The summed E-state index contributed by atoms with van der Waals surface area (Å²) >= 11 is 0. The van der Waals surface area contributed by atoms with Crippen LogP contribution in [-0.4, -0.2) is 68.9 Å². The number of halogens is 1. The van der Waals surface area contributed by atoms with Crippen molar-refractivity contribution in [1.82, 2.24) is 4.90 Å². The van der Waals surface area contributed by atoms with Gasteiger partial charge in [0.25, 0.3) is 5.91 Å². The van der Waals surface area contributed by atoms with E-state index in [0.717, 1.165) is 62.9 Å². The molecule has 36 heavy (non-hydrogen) atoms. The van der Waals surface area contributed by atoms with Gasteiger partial charge in [-0.15, -0.1) is 0 Å². The van der Waals surface area contributed by atoms with E-state index in [1.807, 2.05) is 0 Å². The minimum absolute atomic E-state index is 0.0696. The zero-order valence-electron chi connectivity index (χ0n) is 21.3. The SMILES string of the molecule is C[C@H]1CCCN(CCCOc2ccc(N3CCC4(CC3)CN(c3ccc(F)cc3)C(=O)CO4)cc2)C1. The second kappa shape index (κ2) is 11.2. The number of rotatable bonds is 7. The molecular weight excluding hydrogens is 457 g/mol. The first kappa shape index (κ1) is 25.0. The number of ether oxygens (including phenoxy) is 2. The van der Waals surface area contributed by atoms with Crippen LogP contribution >= 0.6 is 0 Å². The van der Waals surface area contributed by atoms with Gasteiger partial charge in [-0.3, -0.25) is 4.79 Å². The van der Waals surface area contributed by atoms with Crippen molar-refractivity contribution in [2.24, 2.45) is 5.92 Å². The third-order valence-electron chi connectivity index (χ3n) is 7.89. The fraction of sp³-hybridized carbons (Fsp3) is 0.552. The lowest BCUT2D eigenvalue weighted by Crippen LogP contribution is -2.59. The molecule has 3 fully saturated rings. The summed E-state index contributed by atoms with van der Waals surface area (Å²) in [5.41, 5.74) is 1.56. The third kappa shape index (κ3) is 6.01. The predicted molar refractivity (Wildman–Crippen MR) is 140 cm³/mol. The van der Waals surface area contributed by atoms with Crippen LogP contribution in [0.3, 0.4) is 0 Å². The highest BCUT2D eigenvalue weighted by Gasteiger charge is 2.42. The molecule has 0 saturated carbocycles. The van der Waals surface area contributed by atoms with Gasteiger partial charge in [0.2, 0.25) is 0 Å². The number of carbonyl (C=O) groups is 1. The predicted octanol–water partition coefficient (Wildman–Crippen LogP) is 4.73. The number of anilines is 2.